The number of rotatable bonds is 4. The minimum atomic E-state index is -0.676. The van der Waals surface area contributed by atoms with Gasteiger partial charge in [-0.2, -0.15) is 0 Å². The van der Waals surface area contributed by atoms with Crippen molar-refractivity contribution in [2.24, 2.45) is 5.73 Å². The van der Waals surface area contributed by atoms with Crippen LogP contribution in [0, 0.1) is 0 Å². The third-order valence-electron chi connectivity index (χ3n) is 1.80. The SMILES string of the molecule is C=CCCc1ccc(C(N)=O)c(O)n1. The summed E-state index contributed by atoms with van der Waals surface area (Å²) in [6.45, 7) is 3.58. The molecule has 0 saturated carbocycles. The Bertz CT molecular complexity index is 361. The van der Waals surface area contributed by atoms with Crippen LogP contribution >= 0.6 is 0 Å². The first-order chi connectivity index (χ1) is 6.65. The third-order valence-corrected chi connectivity index (χ3v) is 1.80. The monoisotopic (exact) mass is 192 g/mol. The molecule has 0 spiro atoms. The first-order valence-corrected chi connectivity index (χ1v) is 4.24. The van der Waals surface area contributed by atoms with Crippen LogP contribution in [0.5, 0.6) is 5.88 Å². The normalized spacial score (nSPS) is 9.71. The maximum atomic E-state index is 10.8. The van der Waals surface area contributed by atoms with Crippen molar-refractivity contribution in [2.75, 3.05) is 0 Å². The lowest BCUT2D eigenvalue weighted by Crippen LogP contribution is -2.12. The van der Waals surface area contributed by atoms with Gasteiger partial charge in [-0.15, -0.1) is 6.58 Å². The van der Waals surface area contributed by atoms with Gasteiger partial charge in [0.1, 0.15) is 5.56 Å². The van der Waals surface area contributed by atoms with E-state index >= 15 is 0 Å². The van der Waals surface area contributed by atoms with Crippen molar-refractivity contribution in [2.45, 2.75) is 12.8 Å². The van der Waals surface area contributed by atoms with E-state index in [2.05, 4.69) is 11.6 Å². The summed E-state index contributed by atoms with van der Waals surface area (Å²) < 4.78 is 0. The average molecular weight is 192 g/mol. The van der Waals surface area contributed by atoms with E-state index < -0.39 is 5.91 Å². The molecule has 1 rings (SSSR count). The van der Waals surface area contributed by atoms with Crippen LogP contribution < -0.4 is 5.73 Å². The van der Waals surface area contributed by atoms with Crippen LogP contribution in [0.25, 0.3) is 0 Å². The van der Waals surface area contributed by atoms with E-state index in [1.807, 2.05) is 0 Å². The number of primary amides is 1. The summed E-state index contributed by atoms with van der Waals surface area (Å²) >= 11 is 0. The summed E-state index contributed by atoms with van der Waals surface area (Å²) in [6.07, 6.45) is 3.24. The summed E-state index contributed by atoms with van der Waals surface area (Å²) in [5, 5.41) is 9.32. The molecule has 0 atom stereocenters. The van der Waals surface area contributed by atoms with E-state index in [0.29, 0.717) is 12.1 Å². The lowest BCUT2D eigenvalue weighted by atomic mass is 10.2. The molecule has 1 aromatic rings. The van der Waals surface area contributed by atoms with Gasteiger partial charge >= 0.3 is 0 Å². The van der Waals surface area contributed by atoms with E-state index in [1.165, 1.54) is 6.07 Å². The molecule has 1 aromatic heterocycles. The van der Waals surface area contributed by atoms with Gasteiger partial charge in [0.15, 0.2) is 0 Å². The number of nitrogens with zero attached hydrogens (tertiary/aromatic N) is 1. The van der Waals surface area contributed by atoms with Crippen molar-refractivity contribution < 1.29 is 9.90 Å². The fraction of sp³-hybridized carbons (Fsp3) is 0.200. The number of nitrogens with two attached hydrogens (primary N) is 1. The summed E-state index contributed by atoms with van der Waals surface area (Å²) in [5.41, 5.74) is 5.77. The van der Waals surface area contributed by atoms with E-state index in [-0.39, 0.29) is 11.4 Å². The van der Waals surface area contributed by atoms with Gasteiger partial charge in [0.25, 0.3) is 5.91 Å². The van der Waals surface area contributed by atoms with Crippen molar-refractivity contribution in [3.8, 4) is 5.88 Å². The van der Waals surface area contributed by atoms with Crippen LogP contribution in [0.1, 0.15) is 22.5 Å². The molecule has 0 radical (unpaired) electrons. The molecule has 0 unspecified atom stereocenters. The fourth-order valence-corrected chi connectivity index (χ4v) is 1.07. The zero-order valence-corrected chi connectivity index (χ0v) is 7.73. The molecule has 0 aliphatic carbocycles. The molecule has 1 amide bonds. The Morgan fingerprint density at radius 3 is 2.86 bits per heavy atom. The highest BCUT2D eigenvalue weighted by Gasteiger charge is 2.08. The highest BCUT2D eigenvalue weighted by Crippen LogP contribution is 2.14. The van der Waals surface area contributed by atoms with E-state index in [1.54, 1.807) is 12.1 Å². The van der Waals surface area contributed by atoms with Gasteiger partial charge in [-0.25, -0.2) is 4.98 Å². The maximum Gasteiger partial charge on any atom is 0.254 e. The molecule has 0 aliphatic heterocycles. The number of hydrogen-bond acceptors (Lipinski definition) is 3. The van der Waals surface area contributed by atoms with Gasteiger partial charge in [-0.1, -0.05) is 6.08 Å². The maximum absolute atomic E-state index is 10.8. The highest BCUT2D eigenvalue weighted by molar-refractivity contribution is 5.94. The Labute approximate surface area is 82.1 Å². The fourth-order valence-electron chi connectivity index (χ4n) is 1.07. The standard InChI is InChI=1S/C10H12N2O2/c1-2-3-4-7-5-6-8(9(11)13)10(14)12-7/h2,5-6H,1,3-4H2,(H2,11,13)(H,12,14). The number of aromatic hydroxyl groups is 1. The summed E-state index contributed by atoms with van der Waals surface area (Å²) in [6, 6.07) is 3.15. The van der Waals surface area contributed by atoms with Crippen molar-refractivity contribution in [3.05, 3.63) is 36.0 Å². The van der Waals surface area contributed by atoms with Gasteiger partial charge in [0, 0.05) is 5.69 Å². The van der Waals surface area contributed by atoms with Crippen LogP contribution in [0.15, 0.2) is 24.8 Å². The number of carbonyl (C=O) groups is 1. The molecule has 0 aliphatic rings. The van der Waals surface area contributed by atoms with Gasteiger partial charge in [-0.05, 0) is 25.0 Å². The highest BCUT2D eigenvalue weighted by atomic mass is 16.3. The molecule has 4 heteroatoms. The third kappa shape index (κ3) is 2.32. The van der Waals surface area contributed by atoms with Crippen LogP contribution in [0.3, 0.4) is 0 Å². The van der Waals surface area contributed by atoms with Crippen LogP contribution in [-0.4, -0.2) is 16.0 Å². The number of allylic oxidation sites excluding steroid dienone is 1. The predicted molar refractivity (Wildman–Crippen MR) is 52.9 cm³/mol. The molecule has 3 N–H and O–H groups in total. The van der Waals surface area contributed by atoms with Crippen molar-refractivity contribution in [3.63, 3.8) is 0 Å². The van der Waals surface area contributed by atoms with E-state index in [0.717, 1.165) is 6.42 Å². The summed E-state index contributed by atoms with van der Waals surface area (Å²) in [4.78, 5) is 14.6. The Morgan fingerprint density at radius 1 is 1.64 bits per heavy atom. The molecule has 1 heterocycles. The first-order valence-electron chi connectivity index (χ1n) is 4.24. The van der Waals surface area contributed by atoms with Crippen molar-refractivity contribution in [1.29, 1.82) is 0 Å². The molecule has 0 fully saturated rings. The van der Waals surface area contributed by atoms with Gasteiger partial charge < -0.3 is 10.8 Å². The van der Waals surface area contributed by atoms with E-state index in [9.17, 15) is 9.90 Å². The zero-order chi connectivity index (χ0) is 10.6. The average Bonchev–Trinajstić information content (AvgIpc) is 2.14. The Hall–Kier alpha value is -1.84. The summed E-state index contributed by atoms with van der Waals surface area (Å²) in [7, 11) is 0. The van der Waals surface area contributed by atoms with Gasteiger partial charge in [0.2, 0.25) is 5.88 Å². The molecular weight excluding hydrogens is 180 g/mol. The Balaban J connectivity index is 2.88. The zero-order valence-electron chi connectivity index (χ0n) is 7.73. The molecule has 14 heavy (non-hydrogen) atoms. The van der Waals surface area contributed by atoms with Crippen LogP contribution in [-0.2, 0) is 6.42 Å². The number of pyridine rings is 1. The molecule has 0 saturated heterocycles. The lowest BCUT2D eigenvalue weighted by molar-refractivity contribution is 0.0997. The summed E-state index contributed by atoms with van der Waals surface area (Å²) in [5.74, 6) is -0.982. The van der Waals surface area contributed by atoms with Crippen molar-refractivity contribution in [1.82, 2.24) is 4.98 Å². The number of carbonyl (C=O) groups excluding carboxylic acids is 1. The second-order valence-corrected chi connectivity index (χ2v) is 2.87. The lowest BCUT2D eigenvalue weighted by Gasteiger charge is -2.02. The van der Waals surface area contributed by atoms with Gasteiger partial charge in [-0.3, -0.25) is 4.79 Å². The molecule has 4 nitrogen and oxygen atoms in total. The Morgan fingerprint density at radius 2 is 2.36 bits per heavy atom. The number of amides is 1. The van der Waals surface area contributed by atoms with E-state index in [4.69, 9.17) is 5.73 Å². The number of aryl methyl sites for hydroxylation is 1. The molecular formula is C10H12N2O2. The quantitative estimate of drug-likeness (QED) is 0.699. The molecule has 74 valence electrons. The smallest absolute Gasteiger partial charge is 0.254 e. The number of hydrogen-bond donors (Lipinski definition) is 2. The second-order valence-electron chi connectivity index (χ2n) is 2.87. The predicted octanol–water partition coefficient (Wildman–Crippen LogP) is 1.00. The van der Waals surface area contributed by atoms with Crippen LogP contribution in [0.2, 0.25) is 0 Å². The molecule has 0 aromatic carbocycles. The van der Waals surface area contributed by atoms with Crippen molar-refractivity contribution >= 4 is 5.91 Å². The van der Waals surface area contributed by atoms with Crippen LogP contribution in [0.4, 0.5) is 0 Å². The topological polar surface area (TPSA) is 76.2 Å². The minimum Gasteiger partial charge on any atom is -0.493 e. The number of aromatic nitrogens is 1. The Kier molecular flexibility index (Phi) is 3.23. The largest absolute Gasteiger partial charge is 0.493 e. The van der Waals surface area contributed by atoms with Gasteiger partial charge in [0.05, 0.1) is 0 Å². The second kappa shape index (κ2) is 4.41. The molecule has 0 bridgehead atoms. The first kappa shape index (κ1) is 10.2. The minimum absolute atomic E-state index is 0.0485.